The minimum Gasteiger partial charge on any atom is -0.505 e. The lowest BCUT2D eigenvalue weighted by molar-refractivity contribution is 0.438. The normalized spacial score (nSPS) is 12.8. The molecule has 0 atom stereocenters. The van der Waals surface area contributed by atoms with Crippen molar-refractivity contribution in [1.29, 1.82) is 0 Å². The van der Waals surface area contributed by atoms with Gasteiger partial charge in [-0.05, 0) is 47.1 Å². The molecule has 1 heterocycles. The maximum atomic E-state index is 10.9. The molecule has 0 bridgehead atoms. The van der Waals surface area contributed by atoms with Crippen LogP contribution in [0.3, 0.4) is 0 Å². The Bertz CT molecular complexity index is 940. The van der Waals surface area contributed by atoms with Crippen molar-refractivity contribution in [2.24, 2.45) is 0 Å². The molecule has 3 rings (SSSR count). The molecule has 0 spiro atoms. The maximum absolute atomic E-state index is 10.9. The minimum absolute atomic E-state index is 0.0361. The fraction of sp³-hybridized carbons (Fsp3) is 0.429. The first-order valence-electron chi connectivity index (χ1n) is 8.69. The van der Waals surface area contributed by atoms with Gasteiger partial charge < -0.3 is 5.11 Å². The molecule has 3 aromatic rings. The molecule has 0 unspecified atom stereocenters. The third-order valence-corrected chi connectivity index (χ3v) is 4.52. The highest BCUT2D eigenvalue weighted by Crippen LogP contribution is 2.39. The average molecular weight is 337 g/mol. The largest absolute Gasteiger partial charge is 0.505 e. The van der Waals surface area contributed by atoms with Crippen LogP contribution in [0.2, 0.25) is 0 Å². The van der Waals surface area contributed by atoms with Gasteiger partial charge in [0.2, 0.25) is 0 Å². The van der Waals surface area contributed by atoms with Crippen LogP contribution >= 0.6 is 0 Å². The molecule has 0 aliphatic heterocycles. The quantitative estimate of drug-likeness (QED) is 0.677. The Morgan fingerprint density at radius 1 is 0.840 bits per heavy atom. The number of aromatic nitrogens is 3. The van der Waals surface area contributed by atoms with Crippen molar-refractivity contribution in [1.82, 2.24) is 15.0 Å². The minimum atomic E-state index is -0.177. The van der Waals surface area contributed by atoms with Crippen LogP contribution in [-0.4, -0.2) is 20.1 Å². The lowest BCUT2D eigenvalue weighted by Gasteiger charge is -2.27. The predicted octanol–water partition coefficient (Wildman–Crippen LogP) is 5.03. The van der Waals surface area contributed by atoms with Gasteiger partial charge in [-0.2, -0.15) is 0 Å². The molecule has 0 fully saturated rings. The lowest BCUT2D eigenvalue weighted by atomic mass is 9.80. The van der Waals surface area contributed by atoms with Crippen LogP contribution in [0.15, 0.2) is 30.3 Å². The van der Waals surface area contributed by atoms with Crippen molar-refractivity contribution in [2.75, 3.05) is 0 Å². The van der Waals surface area contributed by atoms with Gasteiger partial charge in [-0.1, -0.05) is 53.7 Å². The summed E-state index contributed by atoms with van der Waals surface area (Å²) in [5.74, 6) is 0.248. The number of phenolic OH excluding ortho intramolecular Hbond substituents is 1. The average Bonchev–Trinajstić information content (AvgIpc) is 2.87. The molecule has 0 saturated heterocycles. The summed E-state index contributed by atoms with van der Waals surface area (Å²) in [4.78, 5) is 1.56. The molecular weight excluding hydrogens is 310 g/mol. The van der Waals surface area contributed by atoms with E-state index in [1.807, 2.05) is 31.2 Å². The van der Waals surface area contributed by atoms with Gasteiger partial charge in [0.1, 0.15) is 22.5 Å². The van der Waals surface area contributed by atoms with Crippen LogP contribution < -0.4 is 0 Å². The first kappa shape index (κ1) is 17.5. The summed E-state index contributed by atoms with van der Waals surface area (Å²) in [6.45, 7) is 14.9. The van der Waals surface area contributed by atoms with Crippen molar-refractivity contribution < 1.29 is 5.11 Å². The van der Waals surface area contributed by atoms with Gasteiger partial charge >= 0.3 is 0 Å². The number of fused-ring (bicyclic) bond motifs is 1. The van der Waals surface area contributed by atoms with Crippen molar-refractivity contribution in [3.05, 3.63) is 47.0 Å². The standard InChI is InChI=1S/C21H27N3O/c1-13-8-9-16-17(10-13)23-24(22-16)18-12-14(20(2,3)4)11-15(19(18)25)21(5,6)7/h8-12,25H,1-7H3. The number of aromatic hydroxyl groups is 1. The van der Waals surface area contributed by atoms with E-state index in [0.29, 0.717) is 5.69 Å². The lowest BCUT2D eigenvalue weighted by Crippen LogP contribution is -2.18. The second-order valence-corrected chi connectivity index (χ2v) is 8.87. The zero-order valence-electron chi connectivity index (χ0n) is 16.2. The van der Waals surface area contributed by atoms with Gasteiger partial charge in [0, 0.05) is 5.56 Å². The smallest absolute Gasteiger partial charge is 0.146 e. The molecule has 4 heteroatoms. The highest BCUT2D eigenvalue weighted by atomic mass is 16.3. The first-order chi connectivity index (χ1) is 11.5. The van der Waals surface area contributed by atoms with E-state index in [4.69, 9.17) is 0 Å². The fourth-order valence-corrected chi connectivity index (χ4v) is 2.91. The molecule has 1 N–H and O–H groups in total. The summed E-state index contributed by atoms with van der Waals surface area (Å²) in [6.07, 6.45) is 0. The Labute approximate surface area is 149 Å². The summed E-state index contributed by atoms with van der Waals surface area (Å²) in [5.41, 5.74) is 5.28. The molecule has 0 radical (unpaired) electrons. The molecule has 0 saturated carbocycles. The number of hydrogen-bond acceptors (Lipinski definition) is 3. The van der Waals surface area contributed by atoms with Crippen LogP contribution in [0.1, 0.15) is 58.2 Å². The molecule has 0 aliphatic rings. The third-order valence-electron chi connectivity index (χ3n) is 4.52. The Morgan fingerprint density at radius 3 is 2.08 bits per heavy atom. The molecule has 2 aromatic carbocycles. The van der Waals surface area contributed by atoms with Gasteiger partial charge in [0.15, 0.2) is 0 Å². The second-order valence-electron chi connectivity index (χ2n) is 8.87. The summed E-state index contributed by atoms with van der Waals surface area (Å²) in [5, 5.41) is 20.1. The summed E-state index contributed by atoms with van der Waals surface area (Å²) >= 11 is 0. The van der Waals surface area contributed by atoms with Crippen molar-refractivity contribution in [2.45, 2.75) is 59.3 Å². The van der Waals surface area contributed by atoms with Crippen LogP contribution in [0.4, 0.5) is 0 Å². The summed E-state index contributed by atoms with van der Waals surface area (Å²) in [6, 6.07) is 10.1. The van der Waals surface area contributed by atoms with Crippen LogP contribution in [-0.2, 0) is 10.8 Å². The molecule has 25 heavy (non-hydrogen) atoms. The van der Waals surface area contributed by atoms with Gasteiger partial charge in [0.05, 0.1) is 0 Å². The third kappa shape index (κ3) is 3.26. The summed E-state index contributed by atoms with van der Waals surface area (Å²) < 4.78 is 0. The fourth-order valence-electron chi connectivity index (χ4n) is 2.91. The van der Waals surface area contributed by atoms with Crippen LogP contribution in [0, 0.1) is 6.92 Å². The van der Waals surface area contributed by atoms with E-state index >= 15 is 0 Å². The highest BCUT2D eigenvalue weighted by molar-refractivity contribution is 5.75. The molecule has 132 valence electrons. The molecule has 0 amide bonds. The number of aryl methyl sites for hydroxylation is 1. The Hall–Kier alpha value is -2.36. The van der Waals surface area contributed by atoms with E-state index < -0.39 is 0 Å². The topological polar surface area (TPSA) is 50.9 Å². The van der Waals surface area contributed by atoms with Crippen LogP contribution in [0.25, 0.3) is 16.7 Å². The number of benzene rings is 2. The van der Waals surface area contributed by atoms with Crippen molar-refractivity contribution in [3.63, 3.8) is 0 Å². The first-order valence-corrected chi connectivity index (χ1v) is 8.69. The number of nitrogens with zero attached hydrogens (tertiary/aromatic N) is 3. The van der Waals surface area contributed by atoms with Crippen LogP contribution in [0.5, 0.6) is 5.75 Å². The summed E-state index contributed by atoms with van der Waals surface area (Å²) in [7, 11) is 0. The highest BCUT2D eigenvalue weighted by Gasteiger charge is 2.26. The number of rotatable bonds is 1. The van der Waals surface area contributed by atoms with E-state index in [0.717, 1.165) is 27.7 Å². The number of phenols is 1. The Morgan fingerprint density at radius 2 is 1.48 bits per heavy atom. The van der Waals surface area contributed by atoms with E-state index in [-0.39, 0.29) is 16.6 Å². The van der Waals surface area contributed by atoms with Gasteiger partial charge in [-0.3, -0.25) is 0 Å². The second kappa shape index (κ2) is 5.58. The van der Waals surface area contributed by atoms with Gasteiger partial charge in [-0.15, -0.1) is 15.0 Å². The Balaban J connectivity index is 2.29. The van der Waals surface area contributed by atoms with Crippen molar-refractivity contribution in [3.8, 4) is 11.4 Å². The maximum Gasteiger partial charge on any atom is 0.146 e. The van der Waals surface area contributed by atoms with Gasteiger partial charge in [0.25, 0.3) is 0 Å². The van der Waals surface area contributed by atoms with E-state index in [1.165, 1.54) is 0 Å². The molecular formula is C21H27N3O. The molecule has 4 nitrogen and oxygen atoms in total. The Kier molecular flexibility index (Phi) is 3.90. The van der Waals surface area contributed by atoms with Crippen molar-refractivity contribution >= 4 is 11.0 Å². The zero-order valence-corrected chi connectivity index (χ0v) is 16.2. The predicted molar refractivity (Wildman–Crippen MR) is 103 cm³/mol. The van der Waals surface area contributed by atoms with Gasteiger partial charge in [-0.25, -0.2) is 0 Å². The SMILES string of the molecule is Cc1ccc2nn(-c3cc(C(C)(C)C)cc(C(C)(C)C)c3O)nc2c1. The molecule has 1 aromatic heterocycles. The monoisotopic (exact) mass is 337 g/mol. The zero-order chi connectivity index (χ0) is 18.6. The number of hydrogen-bond donors (Lipinski definition) is 1. The van der Waals surface area contributed by atoms with E-state index in [1.54, 1.807) is 4.80 Å². The van der Waals surface area contributed by atoms with E-state index in [9.17, 15) is 5.11 Å². The van der Waals surface area contributed by atoms with E-state index in [2.05, 4.69) is 57.8 Å². The molecule has 0 aliphatic carbocycles.